The van der Waals surface area contributed by atoms with Gasteiger partial charge in [0.1, 0.15) is 6.04 Å². The van der Waals surface area contributed by atoms with Gasteiger partial charge in [-0.2, -0.15) is 0 Å². The molecule has 0 bridgehead atoms. The number of carboxylic acids is 1. The van der Waals surface area contributed by atoms with Gasteiger partial charge in [-0.3, -0.25) is 14.9 Å². The first kappa shape index (κ1) is 16.5. The van der Waals surface area contributed by atoms with Crippen LogP contribution in [0.2, 0.25) is 0 Å². The van der Waals surface area contributed by atoms with Crippen molar-refractivity contribution in [2.45, 2.75) is 51.6 Å². The second-order valence-corrected chi connectivity index (χ2v) is 5.83. The van der Waals surface area contributed by atoms with E-state index >= 15 is 0 Å². The molecule has 3 N–H and O–H groups in total. The minimum absolute atomic E-state index is 0.0595. The van der Waals surface area contributed by atoms with Crippen molar-refractivity contribution < 1.29 is 14.7 Å². The number of nitrogens with one attached hydrogen (secondary N) is 2. The molecule has 0 amide bonds. The van der Waals surface area contributed by atoms with Crippen molar-refractivity contribution in [1.29, 1.82) is 0 Å². The predicted octanol–water partition coefficient (Wildman–Crippen LogP) is 2.46. The van der Waals surface area contributed by atoms with Crippen LogP contribution in [0, 0.1) is 0 Å². The van der Waals surface area contributed by atoms with Gasteiger partial charge in [-0.25, -0.2) is 0 Å². The van der Waals surface area contributed by atoms with Gasteiger partial charge in [0.25, 0.3) is 0 Å². The fourth-order valence-corrected chi connectivity index (χ4v) is 2.82. The van der Waals surface area contributed by atoms with Crippen LogP contribution in [0.15, 0.2) is 18.2 Å². The van der Waals surface area contributed by atoms with Gasteiger partial charge in [0.2, 0.25) is 0 Å². The molecule has 1 aromatic carbocycles. The van der Waals surface area contributed by atoms with Gasteiger partial charge in [0.15, 0.2) is 5.78 Å². The predicted molar refractivity (Wildman–Crippen MR) is 86.5 cm³/mol. The highest BCUT2D eigenvalue weighted by molar-refractivity contribution is 6.00. The highest BCUT2D eigenvalue weighted by atomic mass is 16.4. The van der Waals surface area contributed by atoms with Gasteiger partial charge in [-0.1, -0.05) is 13.3 Å². The van der Waals surface area contributed by atoms with Crippen LogP contribution in [0.5, 0.6) is 0 Å². The highest BCUT2D eigenvalue weighted by Gasteiger charge is 2.23. The quantitative estimate of drug-likeness (QED) is 0.674. The van der Waals surface area contributed by atoms with Crippen molar-refractivity contribution in [1.82, 2.24) is 5.32 Å². The van der Waals surface area contributed by atoms with Crippen molar-refractivity contribution in [3.05, 3.63) is 29.3 Å². The van der Waals surface area contributed by atoms with Crippen molar-refractivity contribution in [3.63, 3.8) is 0 Å². The minimum Gasteiger partial charge on any atom is -0.480 e. The molecule has 0 aliphatic carbocycles. The van der Waals surface area contributed by atoms with Crippen molar-refractivity contribution in [3.8, 4) is 0 Å². The molecule has 1 aliphatic rings. The van der Waals surface area contributed by atoms with Crippen molar-refractivity contribution in [2.75, 3.05) is 11.9 Å². The Morgan fingerprint density at radius 2 is 2.18 bits per heavy atom. The summed E-state index contributed by atoms with van der Waals surface area (Å²) in [5, 5.41) is 15.4. The maximum atomic E-state index is 12.5. The first-order valence-corrected chi connectivity index (χ1v) is 7.92. The molecular weight excluding hydrogens is 280 g/mol. The summed E-state index contributed by atoms with van der Waals surface area (Å²) < 4.78 is 0. The molecular formula is C17H24N2O3. The van der Waals surface area contributed by atoms with Gasteiger partial charge in [-0.05, 0) is 49.9 Å². The molecule has 0 radical (unpaired) electrons. The number of aliphatic carboxylic acids is 1. The van der Waals surface area contributed by atoms with Crippen LogP contribution in [-0.2, 0) is 11.2 Å². The van der Waals surface area contributed by atoms with Crippen LogP contribution in [0.25, 0.3) is 0 Å². The molecule has 0 saturated carbocycles. The van der Waals surface area contributed by atoms with E-state index in [1.54, 1.807) is 6.92 Å². The normalized spacial score (nSPS) is 16.3. The molecule has 5 nitrogen and oxygen atoms in total. The lowest BCUT2D eigenvalue weighted by Gasteiger charge is -2.21. The number of Topliss-reactive ketones (excluding diaryl/α,β-unsaturated/α-hetero) is 1. The Balaban J connectivity index is 2.08. The Morgan fingerprint density at radius 1 is 1.41 bits per heavy atom. The Morgan fingerprint density at radius 3 is 2.86 bits per heavy atom. The lowest BCUT2D eigenvalue weighted by atomic mass is 9.97. The Labute approximate surface area is 131 Å². The number of anilines is 1. The molecule has 1 aromatic rings. The largest absolute Gasteiger partial charge is 0.480 e. The zero-order valence-corrected chi connectivity index (χ0v) is 13.2. The van der Waals surface area contributed by atoms with Crippen molar-refractivity contribution >= 4 is 17.4 Å². The summed E-state index contributed by atoms with van der Waals surface area (Å²) in [6.45, 7) is 4.63. The topological polar surface area (TPSA) is 78.4 Å². The molecule has 120 valence electrons. The van der Waals surface area contributed by atoms with E-state index in [4.69, 9.17) is 0 Å². The number of carbonyl (C=O) groups excluding carboxylic acids is 1. The van der Waals surface area contributed by atoms with Crippen LogP contribution < -0.4 is 10.6 Å². The summed E-state index contributed by atoms with van der Waals surface area (Å²) in [6, 6.07) is 4.49. The average molecular weight is 304 g/mol. The second-order valence-electron chi connectivity index (χ2n) is 5.83. The Hall–Kier alpha value is -1.88. The SMILES string of the molecule is CCCC(NC(C)C(=O)c1ccc2c(c1)CCCN2)C(=O)O. The number of aryl methyl sites for hydroxylation is 1. The van der Waals surface area contributed by atoms with E-state index in [1.165, 1.54) is 0 Å². The summed E-state index contributed by atoms with van der Waals surface area (Å²) in [5.41, 5.74) is 2.90. The number of rotatable bonds is 7. The van der Waals surface area contributed by atoms with E-state index in [9.17, 15) is 14.7 Å². The third-order valence-electron chi connectivity index (χ3n) is 4.05. The van der Waals surface area contributed by atoms with E-state index in [-0.39, 0.29) is 5.78 Å². The average Bonchev–Trinajstić information content (AvgIpc) is 2.53. The van der Waals surface area contributed by atoms with Crippen LogP contribution in [0.1, 0.15) is 49.0 Å². The number of hydrogen-bond donors (Lipinski definition) is 3. The lowest BCUT2D eigenvalue weighted by Crippen LogP contribution is -2.45. The zero-order chi connectivity index (χ0) is 16.1. The molecule has 0 saturated heterocycles. The van der Waals surface area contributed by atoms with Gasteiger partial charge in [0.05, 0.1) is 6.04 Å². The molecule has 1 heterocycles. The zero-order valence-electron chi connectivity index (χ0n) is 13.2. The maximum absolute atomic E-state index is 12.5. The summed E-state index contributed by atoms with van der Waals surface area (Å²) >= 11 is 0. The smallest absolute Gasteiger partial charge is 0.320 e. The van der Waals surface area contributed by atoms with E-state index in [0.29, 0.717) is 12.0 Å². The maximum Gasteiger partial charge on any atom is 0.320 e. The molecule has 2 unspecified atom stereocenters. The standard InChI is InChI=1S/C17H24N2O3/c1-3-5-15(17(21)22)19-11(2)16(20)13-7-8-14-12(10-13)6-4-9-18-14/h7-8,10-11,15,18-19H,3-6,9H2,1-2H3,(H,21,22). The Bertz CT molecular complexity index is 557. The fraction of sp³-hybridized carbons (Fsp3) is 0.529. The summed E-state index contributed by atoms with van der Waals surface area (Å²) in [6.07, 6.45) is 3.31. The molecule has 0 fully saturated rings. The summed E-state index contributed by atoms with van der Waals surface area (Å²) in [5.74, 6) is -0.966. The number of fused-ring (bicyclic) bond motifs is 1. The second kappa shape index (κ2) is 7.40. The highest BCUT2D eigenvalue weighted by Crippen LogP contribution is 2.23. The van der Waals surface area contributed by atoms with Crippen LogP contribution in [0.4, 0.5) is 5.69 Å². The molecule has 22 heavy (non-hydrogen) atoms. The van der Waals surface area contributed by atoms with Gasteiger partial charge < -0.3 is 10.4 Å². The number of ketones is 1. The molecule has 1 aliphatic heterocycles. The van der Waals surface area contributed by atoms with Gasteiger partial charge in [-0.15, -0.1) is 0 Å². The van der Waals surface area contributed by atoms with Crippen LogP contribution in [-0.4, -0.2) is 35.5 Å². The Kier molecular flexibility index (Phi) is 5.55. The van der Waals surface area contributed by atoms with E-state index in [1.807, 2.05) is 25.1 Å². The minimum atomic E-state index is -0.906. The molecule has 2 atom stereocenters. The first-order valence-electron chi connectivity index (χ1n) is 7.92. The number of carboxylic acid groups (broad SMARTS) is 1. The van der Waals surface area contributed by atoms with E-state index < -0.39 is 18.1 Å². The number of hydrogen-bond acceptors (Lipinski definition) is 4. The van der Waals surface area contributed by atoms with Crippen LogP contribution in [0.3, 0.4) is 0 Å². The number of benzene rings is 1. The third kappa shape index (κ3) is 3.85. The summed E-state index contributed by atoms with van der Waals surface area (Å²) in [4.78, 5) is 23.7. The summed E-state index contributed by atoms with van der Waals surface area (Å²) in [7, 11) is 0. The van der Waals surface area contributed by atoms with Gasteiger partial charge >= 0.3 is 5.97 Å². The molecule has 0 spiro atoms. The van der Waals surface area contributed by atoms with Gasteiger partial charge in [0, 0.05) is 17.8 Å². The number of carbonyl (C=O) groups is 2. The van der Waals surface area contributed by atoms with Crippen molar-refractivity contribution in [2.24, 2.45) is 0 Å². The van der Waals surface area contributed by atoms with E-state index in [2.05, 4.69) is 10.6 Å². The third-order valence-corrected chi connectivity index (χ3v) is 4.05. The van der Waals surface area contributed by atoms with E-state index in [0.717, 1.165) is 37.1 Å². The monoisotopic (exact) mass is 304 g/mol. The van der Waals surface area contributed by atoms with Crippen LogP contribution >= 0.6 is 0 Å². The lowest BCUT2D eigenvalue weighted by molar-refractivity contribution is -0.139. The molecule has 2 rings (SSSR count). The fourth-order valence-electron chi connectivity index (χ4n) is 2.82. The molecule has 5 heteroatoms. The molecule has 0 aromatic heterocycles. The first-order chi connectivity index (χ1) is 10.5.